The SMILES string of the molecule is COc1cc(N/C=C2/C(=O)c3sccc3N(Cc3ccccc3)S2(=O)=O)cc(OC)c1. The van der Waals surface area contributed by atoms with E-state index >= 15 is 0 Å². The first-order valence-electron chi connectivity index (χ1n) is 9.32. The van der Waals surface area contributed by atoms with Crippen molar-refractivity contribution in [3.8, 4) is 11.5 Å². The third-order valence-electron chi connectivity index (χ3n) is 4.80. The zero-order valence-electron chi connectivity index (χ0n) is 16.9. The molecule has 1 aliphatic rings. The van der Waals surface area contributed by atoms with Gasteiger partial charge in [0, 0.05) is 30.1 Å². The quantitative estimate of drug-likeness (QED) is 0.558. The van der Waals surface area contributed by atoms with E-state index in [4.69, 9.17) is 9.47 Å². The first-order valence-corrected chi connectivity index (χ1v) is 11.6. The van der Waals surface area contributed by atoms with Gasteiger partial charge in [-0.25, -0.2) is 8.42 Å². The number of benzene rings is 2. The van der Waals surface area contributed by atoms with E-state index in [9.17, 15) is 13.2 Å². The molecule has 2 heterocycles. The molecule has 0 aliphatic carbocycles. The van der Waals surface area contributed by atoms with Gasteiger partial charge in [0.15, 0.2) is 4.91 Å². The standard InChI is InChI=1S/C22H20N2O5S2/c1-28-17-10-16(11-18(12-17)29-2)23-13-20-21(25)22-19(8-9-30-22)24(31(20,26)27)14-15-6-4-3-5-7-15/h3-13,23H,14H2,1-2H3/b20-13-. The maximum atomic E-state index is 13.4. The van der Waals surface area contributed by atoms with Gasteiger partial charge < -0.3 is 14.8 Å². The summed E-state index contributed by atoms with van der Waals surface area (Å²) in [4.78, 5) is 13.1. The average molecular weight is 457 g/mol. The number of anilines is 2. The summed E-state index contributed by atoms with van der Waals surface area (Å²) >= 11 is 1.22. The van der Waals surface area contributed by atoms with Gasteiger partial charge in [0.25, 0.3) is 10.0 Å². The second-order valence-electron chi connectivity index (χ2n) is 6.72. The van der Waals surface area contributed by atoms with E-state index in [1.165, 1.54) is 36.1 Å². The number of rotatable bonds is 6. The molecule has 31 heavy (non-hydrogen) atoms. The fourth-order valence-corrected chi connectivity index (χ4v) is 5.73. The van der Waals surface area contributed by atoms with E-state index in [1.54, 1.807) is 29.6 Å². The van der Waals surface area contributed by atoms with Crippen molar-refractivity contribution in [2.75, 3.05) is 23.8 Å². The van der Waals surface area contributed by atoms with Gasteiger partial charge in [-0.3, -0.25) is 9.10 Å². The predicted octanol–water partition coefficient (Wildman–Crippen LogP) is 4.25. The average Bonchev–Trinajstić information content (AvgIpc) is 3.26. The molecular formula is C22H20N2O5S2. The first-order chi connectivity index (χ1) is 14.9. The van der Waals surface area contributed by atoms with E-state index in [2.05, 4.69) is 5.32 Å². The molecule has 7 nitrogen and oxygen atoms in total. The summed E-state index contributed by atoms with van der Waals surface area (Å²) in [6.45, 7) is 0.129. The molecular weight excluding hydrogens is 436 g/mol. The lowest BCUT2D eigenvalue weighted by molar-refractivity contribution is 0.104. The number of Topliss-reactive ketones (excluding diaryl/α,β-unsaturated/α-hetero) is 1. The molecule has 2 aromatic carbocycles. The molecule has 4 rings (SSSR count). The normalized spacial score (nSPS) is 16.1. The summed E-state index contributed by atoms with van der Waals surface area (Å²) in [5, 5.41) is 4.63. The summed E-state index contributed by atoms with van der Waals surface area (Å²) in [6.07, 6.45) is 1.23. The van der Waals surface area contributed by atoms with Crippen molar-refractivity contribution in [1.82, 2.24) is 0 Å². The number of ketones is 1. The lowest BCUT2D eigenvalue weighted by Crippen LogP contribution is -2.38. The minimum absolute atomic E-state index is 0.129. The van der Waals surface area contributed by atoms with E-state index in [1.807, 2.05) is 30.3 Å². The summed E-state index contributed by atoms with van der Waals surface area (Å²) < 4.78 is 38.6. The van der Waals surface area contributed by atoms with Crippen LogP contribution in [0.1, 0.15) is 15.2 Å². The van der Waals surface area contributed by atoms with Crippen molar-refractivity contribution in [1.29, 1.82) is 0 Å². The Hall–Kier alpha value is -3.30. The Morgan fingerprint density at radius 1 is 1.03 bits per heavy atom. The van der Waals surface area contributed by atoms with Crippen molar-refractivity contribution >= 4 is 38.5 Å². The van der Waals surface area contributed by atoms with Crippen molar-refractivity contribution in [3.63, 3.8) is 0 Å². The number of carbonyl (C=O) groups excluding carboxylic acids is 1. The van der Waals surface area contributed by atoms with Crippen molar-refractivity contribution in [3.05, 3.63) is 81.5 Å². The van der Waals surface area contributed by atoms with Crippen molar-refractivity contribution in [2.45, 2.75) is 6.54 Å². The Balaban J connectivity index is 1.73. The lowest BCUT2D eigenvalue weighted by atomic mass is 10.2. The molecule has 3 aromatic rings. The maximum absolute atomic E-state index is 13.4. The van der Waals surface area contributed by atoms with Crippen LogP contribution in [0.15, 0.2) is 71.1 Å². The van der Waals surface area contributed by atoms with Gasteiger partial charge in [0.1, 0.15) is 16.4 Å². The highest BCUT2D eigenvalue weighted by Crippen LogP contribution is 2.39. The molecule has 0 saturated carbocycles. The van der Waals surface area contributed by atoms with Gasteiger partial charge in [0.2, 0.25) is 5.78 Å². The lowest BCUT2D eigenvalue weighted by Gasteiger charge is -2.29. The van der Waals surface area contributed by atoms with E-state index in [0.29, 0.717) is 27.8 Å². The van der Waals surface area contributed by atoms with Gasteiger partial charge in [-0.1, -0.05) is 30.3 Å². The number of methoxy groups -OCH3 is 2. The molecule has 160 valence electrons. The Kier molecular flexibility index (Phi) is 5.71. The summed E-state index contributed by atoms with van der Waals surface area (Å²) in [6, 6.07) is 16.0. The largest absolute Gasteiger partial charge is 0.497 e. The highest BCUT2D eigenvalue weighted by Gasteiger charge is 2.41. The molecule has 0 atom stereocenters. The number of carbonyl (C=O) groups is 1. The summed E-state index contributed by atoms with van der Waals surface area (Å²) in [5.41, 5.74) is 1.75. The molecule has 0 fully saturated rings. The van der Waals surface area contributed by atoms with Crippen LogP contribution in [0.25, 0.3) is 0 Å². The molecule has 0 radical (unpaired) electrons. The number of hydrogen-bond acceptors (Lipinski definition) is 7. The van der Waals surface area contributed by atoms with Gasteiger partial charge in [-0.15, -0.1) is 11.3 Å². The number of allylic oxidation sites excluding steroid dienone is 1. The molecule has 1 N–H and O–H groups in total. The van der Waals surface area contributed by atoms with E-state index in [-0.39, 0.29) is 11.4 Å². The van der Waals surface area contributed by atoms with Crippen LogP contribution in [0.4, 0.5) is 11.4 Å². The van der Waals surface area contributed by atoms with Crippen molar-refractivity contribution in [2.24, 2.45) is 0 Å². The zero-order chi connectivity index (χ0) is 22.0. The fraction of sp³-hybridized carbons (Fsp3) is 0.136. The summed E-state index contributed by atoms with van der Waals surface area (Å²) in [7, 11) is -1.03. The molecule has 0 amide bonds. The highest BCUT2D eigenvalue weighted by atomic mass is 32.2. The number of nitrogens with zero attached hydrogens (tertiary/aromatic N) is 1. The van der Waals surface area contributed by atoms with Crippen LogP contribution >= 0.6 is 11.3 Å². The summed E-state index contributed by atoms with van der Waals surface area (Å²) in [5.74, 6) is 0.533. The number of fused-ring (bicyclic) bond motifs is 1. The maximum Gasteiger partial charge on any atom is 0.270 e. The smallest absolute Gasteiger partial charge is 0.270 e. The van der Waals surface area contributed by atoms with Crippen LogP contribution in [0.2, 0.25) is 0 Å². The zero-order valence-corrected chi connectivity index (χ0v) is 18.5. The van der Waals surface area contributed by atoms with E-state index < -0.39 is 15.8 Å². The minimum Gasteiger partial charge on any atom is -0.497 e. The Labute approximate surface area is 184 Å². The van der Waals surface area contributed by atoms with Crippen molar-refractivity contribution < 1.29 is 22.7 Å². The van der Waals surface area contributed by atoms with Crippen LogP contribution < -0.4 is 19.1 Å². The Morgan fingerprint density at radius 3 is 2.35 bits per heavy atom. The monoisotopic (exact) mass is 456 g/mol. The fourth-order valence-electron chi connectivity index (χ4n) is 3.25. The number of hydrogen-bond donors (Lipinski definition) is 1. The number of nitrogens with one attached hydrogen (secondary N) is 1. The number of sulfonamides is 1. The third-order valence-corrected chi connectivity index (χ3v) is 7.47. The second kappa shape index (κ2) is 8.44. The Morgan fingerprint density at radius 2 is 1.71 bits per heavy atom. The molecule has 1 aliphatic heterocycles. The highest BCUT2D eigenvalue weighted by molar-refractivity contribution is 7.97. The van der Waals surface area contributed by atoms with Crippen LogP contribution in [-0.4, -0.2) is 28.4 Å². The molecule has 9 heteroatoms. The molecule has 0 unspecified atom stereocenters. The molecule has 1 aromatic heterocycles. The number of ether oxygens (including phenoxy) is 2. The molecule has 0 bridgehead atoms. The van der Waals surface area contributed by atoms with Crippen LogP contribution in [0, 0.1) is 0 Å². The van der Waals surface area contributed by atoms with Gasteiger partial charge in [-0.2, -0.15) is 0 Å². The van der Waals surface area contributed by atoms with Gasteiger partial charge >= 0.3 is 0 Å². The van der Waals surface area contributed by atoms with Crippen LogP contribution in [-0.2, 0) is 16.6 Å². The predicted molar refractivity (Wildman–Crippen MR) is 121 cm³/mol. The topological polar surface area (TPSA) is 84.9 Å². The van der Waals surface area contributed by atoms with Crippen LogP contribution in [0.3, 0.4) is 0 Å². The molecule has 0 saturated heterocycles. The second-order valence-corrected chi connectivity index (χ2v) is 9.46. The minimum atomic E-state index is -4.07. The third kappa shape index (κ3) is 4.01. The van der Waals surface area contributed by atoms with Gasteiger partial charge in [-0.05, 0) is 17.0 Å². The Bertz CT molecular complexity index is 1230. The van der Waals surface area contributed by atoms with Gasteiger partial charge in [0.05, 0.1) is 26.5 Å². The van der Waals surface area contributed by atoms with E-state index in [0.717, 1.165) is 5.56 Å². The number of thiophene rings is 1. The first kappa shape index (κ1) is 21.0. The van der Waals surface area contributed by atoms with Crippen LogP contribution in [0.5, 0.6) is 11.5 Å². The molecule has 0 spiro atoms.